The Bertz CT molecular complexity index is 1380. The molecule has 0 aromatic heterocycles. The molecule has 6 nitrogen and oxygen atoms in total. The normalized spacial score (nSPS) is 17.5. The minimum Gasteiger partial charge on any atom is -0.655 e. The average molecular weight is 584 g/mol. The molecule has 0 radical (unpaired) electrons. The van der Waals surface area contributed by atoms with Gasteiger partial charge < -0.3 is 10.2 Å². The molecule has 0 aliphatic heterocycles. The molecule has 4 rings (SSSR count). The summed E-state index contributed by atoms with van der Waals surface area (Å²) in [6.07, 6.45) is -2.03. The zero-order valence-electron chi connectivity index (χ0n) is 21.9. The maximum absolute atomic E-state index is 13.2. The van der Waals surface area contributed by atoms with Crippen molar-refractivity contribution in [1.82, 2.24) is 4.90 Å². The summed E-state index contributed by atoms with van der Waals surface area (Å²) in [5, 5.41) is 10.0. The van der Waals surface area contributed by atoms with E-state index in [2.05, 4.69) is 5.32 Å². The summed E-state index contributed by atoms with van der Waals surface area (Å²) >= 11 is 0. The molecule has 3 aromatic rings. The fourth-order valence-corrected chi connectivity index (χ4v) is 5.61. The molecule has 11 heteroatoms. The second kappa shape index (κ2) is 13.4. The molecule has 2 N–H and O–H groups in total. The Kier molecular flexibility index (Phi) is 11.0. The summed E-state index contributed by atoms with van der Waals surface area (Å²) in [5.74, 6) is -0.289. The number of nitrogens with zero attached hydrogens (tertiary/aromatic N) is 2. The van der Waals surface area contributed by atoms with Crippen LogP contribution < -0.4 is 56.5 Å². The van der Waals surface area contributed by atoms with Gasteiger partial charge in [-0.15, -0.1) is 12.6 Å². The molecule has 1 aliphatic rings. The number of hydrogen-bond acceptors (Lipinski definition) is 3. The number of amides is 1. The van der Waals surface area contributed by atoms with Gasteiger partial charge in [-0.25, -0.2) is 13.6 Å². The first-order valence-corrected chi connectivity index (χ1v) is 13.8. The maximum atomic E-state index is 13.2. The van der Waals surface area contributed by atoms with E-state index in [1.165, 1.54) is 18.2 Å². The SMILES string of the molecule is CN(Cc1ccc(-c2ccccc2S(N)(=O)=O)cc1)C(=O)C1CCC[C@H]1[N-]Cc1ccc(C(F)(F)F)cc1.[K+]. The van der Waals surface area contributed by atoms with E-state index < -0.39 is 21.8 Å². The first-order chi connectivity index (χ1) is 17.9. The molecular weight excluding hydrogens is 554 g/mol. The number of alkyl halides is 3. The summed E-state index contributed by atoms with van der Waals surface area (Å²) in [7, 11) is -2.14. The first-order valence-electron chi connectivity index (χ1n) is 12.2. The van der Waals surface area contributed by atoms with Gasteiger partial charge in [0.25, 0.3) is 0 Å². The third-order valence-electron chi connectivity index (χ3n) is 6.84. The fourth-order valence-electron chi connectivity index (χ4n) is 4.85. The van der Waals surface area contributed by atoms with Gasteiger partial charge in [0.15, 0.2) is 0 Å². The Morgan fingerprint density at radius 3 is 2.21 bits per heavy atom. The zero-order chi connectivity index (χ0) is 27.5. The number of sulfonamides is 1. The largest absolute Gasteiger partial charge is 1.00 e. The number of primary sulfonamides is 1. The van der Waals surface area contributed by atoms with E-state index >= 15 is 0 Å². The van der Waals surface area contributed by atoms with Crippen molar-refractivity contribution in [3.63, 3.8) is 0 Å². The third-order valence-corrected chi connectivity index (χ3v) is 7.81. The Morgan fingerprint density at radius 1 is 0.974 bits per heavy atom. The van der Waals surface area contributed by atoms with Crippen LogP contribution in [0.5, 0.6) is 0 Å². The molecule has 0 heterocycles. The van der Waals surface area contributed by atoms with Gasteiger partial charge in [-0.2, -0.15) is 13.2 Å². The standard InChI is InChI=1S/C28H29F3N3O3S.K/c1-34(18-20-9-13-21(14-10-20)23-5-2-3-8-26(23)38(32,36)37)27(35)24-6-4-7-25(24)33-17-19-11-15-22(16-12-19)28(29,30)31;/h2-3,5,8-16,24-25H,4,6-7,17-18H2,1H3,(H2,32,36,37);/q-1;+1/t24?,25-;/m1./s1. The van der Waals surface area contributed by atoms with Crippen LogP contribution in [-0.4, -0.2) is 32.3 Å². The van der Waals surface area contributed by atoms with Crippen LogP contribution in [0.1, 0.15) is 36.0 Å². The van der Waals surface area contributed by atoms with E-state index in [9.17, 15) is 26.4 Å². The van der Waals surface area contributed by atoms with Crippen molar-refractivity contribution in [2.45, 2.75) is 49.5 Å². The molecule has 2 atom stereocenters. The van der Waals surface area contributed by atoms with Gasteiger partial charge in [0.05, 0.1) is 10.5 Å². The van der Waals surface area contributed by atoms with Gasteiger partial charge in [0, 0.05) is 25.1 Å². The Balaban J connectivity index is 0.00000420. The van der Waals surface area contributed by atoms with E-state index in [4.69, 9.17) is 5.14 Å². The quantitative estimate of drug-likeness (QED) is 0.414. The molecule has 1 fully saturated rings. The van der Waals surface area contributed by atoms with Gasteiger partial charge in [-0.05, 0) is 35.7 Å². The molecule has 1 saturated carbocycles. The van der Waals surface area contributed by atoms with Gasteiger partial charge in [0.1, 0.15) is 0 Å². The summed E-state index contributed by atoms with van der Waals surface area (Å²) in [5.41, 5.74) is 2.07. The number of rotatable bonds is 8. The van der Waals surface area contributed by atoms with Crippen molar-refractivity contribution in [2.75, 3.05) is 7.05 Å². The molecule has 1 amide bonds. The Hall–Kier alpha value is -1.57. The molecule has 39 heavy (non-hydrogen) atoms. The third kappa shape index (κ3) is 8.23. The van der Waals surface area contributed by atoms with Crippen LogP contribution in [0.15, 0.2) is 77.7 Å². The molecular formula is C28H29F3KN3O3S. The predicted molar refractivity (Wildman–Crippen MR) is 139 cm³/mol. The van der Waals surface area contributed by atoms with E-state index in [1.54, 1.807) is 42.3 Å². The number of benzene rings is 3. The number of carbonyl (C=O) groups excluding carboxylic acids is 1. The van der Waals surface area contributed by atoms with Crippen molar-refractivity contribution in [1.29, 1.82) is 0 Å². The fraction of sp³-hybridized carbons (Fsp3) is 0.321. The minimum atomic E-state index is -4.38. The Morgan fingerprint density at radius 2 is 1.59 bits per heavy atom. The van der Waals surface area contributed by atoms with Crippen molar-refractivity contribution in [2.24, 2.45) is 11.1 Å². The van der Waals surface area contributed by atoms with Crippen LogP contribution >= 0.6 is 0 Å². The molecule has 0 saturated heterocycles. The van der Waals surface area contributed by atoms with Gasteiger partial charge in [-0.1, -0.05) is 73.0 Å². The van der Waals surface area contributed by atoms with E-state index in [0.29, 0.717) is 29.7 Å². The summed E-state index contributed by atoms with van der Waals surface area (Å²) in [6, 6.07) is 18.6. The second-order valence-corrected chi connectivity index (χ2v) is 11.1. The maximum Gasteiger partial charge on any atom is 1.00 e. The summed E-state index contributed by atoms with van der Waals surface area (Å²) in [6.45, 7) is 0.635. The first kappa shape index (κ1) is 31.9. The number of halogens is 3. The minimum absolute atomic E-state index is 0. The van der Waals surface area contributed by atoms with E-state index in [-0.39, 0.29) is 80.7 Å². The molecule has 0 bridgehead atoms. The van der Waals surface area contributed by atoms with Crippen LogP contribution in [0.3, 0.4) is 0 Å². The summed E-state index contributed by atoms with van der Waals surface area (Å²) in [4.78, 5) is 14.9. The van der Waals surface area contributed by atoms with Gasteiger partial charge >= 0.3 is 57.6 Å². The Labute approximate surface area is 269 Å². The smallest absolute Gasteiger partial charge is 0.655 e. The van der Waals surface area contributed by atoms with E-state index in [1.807, 2.05) is 12.1 Å². The van der Waals surface area contributed by atoms with Crippen LogP contribution in [-0.2, 0) is 34.1 Å². The average Bonchev–Trinajstić information content (AvgIpc) is 3.35. The second-order valence-electron chi connectivity index (χ2n) is 9.57. The molecule has 1 aliphatic carbocycles. The number of hydrogen-bond donors (Lipinski definition) is 1. The number of carbonyl (C=O) groups is 1. The van der Waals surface area contributed by atoms with Crippen molar-refractivity contribution in [3.05, 3.63) is 94.8 Å². The van der Waals surface area contributed by atoms with Crippen molar-refractivity contribution < 1.29 is 77.8 Å². The monoisotopic (exact) mass is 583 g/mol. The molecule has 1 unspecified atom stereocenters. The van der Waals surface area contributed by atoms with Crippen LogP contribution in [0.2, 0.25) is 0 Å². The molecule has 202 valence electrons. The van der Waals surface area contributed by atoms with E-state index in [0.717, 1.165) is 30.5 Å². The van der Waals surface area contributed by atoms with Gasteiger partial charge in [0.2, 0.25) is 15.9 Å². The van der Waals surface area contributed by atoms with Crippen molar-refractivity contribution in [3.8, 4) is 11.1 Å². The van der Waals surface area contributed by atoms with Crippen LogP contribution in [0, 0.1) is 5.92 Å². The van der Waals surface area contributed by atoms with Gasteiger partial charge in [-0.3, -0.25) is 4.79 Å². The zero-order valence-corrected chi connectivity index (χ0v) is 25.8. The predicted octanol–water partition coefficient (Wildman–Crippen LogP) is 2.72. The van der Waals surface area contributed by atoms with Crippen LogP contribution in [0.25, 0.3) is 16.4 Å². The molecule has 3 aromatic carbocycles. The topological polar surface area (TPSA) is 94.6 Å². The summed E-state index contributed by atoms with van der Waals surface area (Å²) < 4.78 is 62.2. The number of nitrogens with two attached hydrogens (primary N) is 1. The van der Waals surface area contributed by atoms with Crippen LogP contribution in [0.4, 0.5) is 13.2 Å². The molecule has 0 spiro atoms. The van der Waals surface area contributed by atoms with Crippen molar-refractivity contribution >= 4 is 15.9 Å².